The first-order chi connectivity index (χ1) is 4.79. The maximum Gasteiger partial charge on any atom is 0.0264 e. The first-order valence-corrected chi connectivity index (χ1v) is 4.25. The number of rotatable bonds is 4. The highest BCUT2D eigenvalue weighted by Crippen LogP contribution is 2.35. The van der Waals surface area contributed by atoms with Gasteiger partial charge in [0.1, 0.15) is 0 Å². The van der Waals surface area contributed by atoms with Crippen molar-refractivity contribution in [2.75, 3.05) is 0 Å². The third kappa shape index (κ3) is 1.70. The van der Waals surface area contributed by atoms with E-state index in [0.717, 1.165) is 11.8 Å². The fourth-order valence-electron chi connectivity index (χ4n) is 1.47. The number of nitrogens with one attached hydrogen (secondary N) is 1. The van der Waals surface area contributed by atoms with Gasteiger partial charge >= 0.3 is 0 Å². The molecular weight excluding hydrogens is 124 g/mol. The van der Waals surface area contributed by atoms with E-state index in [2.05, 4.69) is 19.3 Å². The Morgan fingerprint density at radius 1 is 1.60 bits per heavy atom. The van der Waals surface area contributed by atoms with Crippen LogP contribution in [0.5, 0.6) is 0 Å². The van der Waals surface area contributed by atoms with Crippen molar-refractivity contribution in [3.63, 3.8) is 0 Å². The minimum absolute atomic E-state index is 0.574. The van der Waals surface area contributed by atoms with Gasteiger partial charge in [0.05, 0.1) is 0 Å². The van der Waals surface area contributed by atoms with Crippen molar-refractivity contribution in [3.05, 3.63) is 0 Å². The molecule has 1 aliphatic carbocycles. The fraction of sp³-hybridized carbons (Fsp3) is 1.00. The number of nitrogens with two attached hydrogens (primary N) is 1. The quantitative estimate of drug-likeness (QED) is 0.458. The topological polar surface area (TPSA) is 38.0 Å². The molecule has 0 spiro atoms. The molecule has 3 N–H and O–H groups in total. The van der Waals surface area contributed by atoms with Gasteiger partial charge < -0.3 is 0 Å². The minimum Gasteiger partial charge on any atom is -0.271 e. The first kappa shape index (κ1) is 8.02. The van der Waals surface area contributed by atoms with E-state index in [1.807, 2.05) is 0 Å². The second kappa shape index (κ2) is 3.35. The lowest BCUT2D eigenvalue weighted by atomic mass is 9.96. The Bertz CT molecular complexity index is 99.4. The molecule has 2 unspecified atom stereocenters. The number of hydrogen-bond donors (Lipinski definition) is 2. The lowest BCUT2D eigenvalue weighted by Crippen LogP contribution is -2.41. The zero-order valence-electron chi connectivity index (χ0n) is 6.93. The normalized spacial score (nSPS) is 24.3. The van der Waals surface area contributed by atoms with Crippen LogP contribution in [0.3, 0.4) is 0 Å². The third-order valence-electron chi connectivity index (χ3n) is 2.58. The molecule has 0 amide bonds. The molecule has 0 aliphatic heterocycles. The van der Waals surface area contributed by atoms with E-state index in [-0.39, 0.29) is 0 Å². The molecule has 0 bridgehead atoms. The molecule has 0 radical (unpaired) electrons. The molecule has 1 saturated carbocycles. The molecular formula is C8H18N2. The highest BCUT2D eigenvalue weighted by Gasteiger charge is 2.32. The Morgan fingerprint density at radius 3 is 2.50 bits per heavy atom. The fourth-order valence-corrected chi connectivity index (χ4v) is 1.47. The molecule has 1 rings (SSSR count). The van der Waals surface area contributed by atoms with Crippen LogP contribution in [-0.2, 0) is 0 Å². The van der Waals surface area contributed by atoms with E-state index in [9.17, 15) is 0 Å². The summed E-state index contributed by atoms with van der Waals surface area (Å²) in [7, 11) is 0. The van der Waals surface area contributed by atoms with Gasteiger partial charge in [-0.05, 0) is 24.7 Å². The van der Waals surface area contributed by atoms with Crippen molar-refractivity contribution < 1.29 is 0 Å². The van der Waals surface area contributed by atoms with Crippen molar-refractivity contribution in [2.45, 2.75) is 39.2 Å². The van der Waals surface area contributed by atoms with Crippen LogP contribution in [0.2, 0.25) is 0 Å². The van der Waals surface area contributed by atoms with Gasteiger partial charge in [0.15, 0.2) is 0 Å². The van der Waals surface area contributed by atoms with Crippen LogP contribution in [0, 0.1) is 11.8 Å². The maximum atomic E-state index is 5.44. The second-order valence-electron chi connectivity index (χ2n) is 3.42. The summed E-state index contributed by atoms with van der Waals surface area (Å²) in [6, 6.07) is 0.574. The van der Waals surface area contributed by atoms with Gasteiger partial charge in [-0.3, -0.25) is 11.3 Å². The summed E-state index contributed by atoms with van der Waals surface area (Å²) in [6.07, 6.45) is 3.98. The van der Waals surface area contributed by atoms with Crippen LogP contribution in [0.1, 0.15) is 33.1 Å². The summed E-state index contributed by atoms with van der Waals surface area (Å²) in [6.45, 7) is 4.49. The van der Waals surface area contributed by atoms with Crippen LogP contribution in [0.15, 0.2) is 0 Å². The molecule has 10 heavy (non-hydrogen) atoms. The standard InChI is InChI=1S/C8H18N2/c1-3-6(2)8(10-9)7-4-5-7/h6-8,10H,3-5,9H2,1-2H3. The Hall–Kier alpha value is -0.0800. The third-order valence-corrected chi connectivity index (χ3v) is 2.58. The summed E-state index contributed by atoms with van der Waals surface area (Å²) in [5.74, 6) is 7.05. The monoisotopic (exact) mass is 142 g/mol. The molecule has 1 aliphatic rings. The molecule has 0 aromatic rings. The highest BCUT2D eigenvalue weighted by atomic mass is 15.2. The van der Waals surface area contributed by atoms with Crippen molar-refractivity contribution in [2.24, 2.45) is 17.7 Å². The Kier molecular flexibility index (Phi) is 2.69. The van der Waals surface area contributed by atoms with E-state index in [4.69, 9.17) is 5.84 Å². The van der Waals surface area contributed by atoms with E-state index in [0.29, 0.717) is 6.04 Å². The predicted octanol–water partition coefficient (Wildman–Crippen LogP) is 1.27. The lowest BCUT2D eigenvalue weighted by molar-refractivity contribution is 0.337. The molecule has 2 heteroatoms. The van der Waals surface area contributed by atoms with Gasteiger partial charge in [-0.15, -0.1) is 0 Å². The largest absolute Gasteiger partial charge is 0.271 e. The zero-order valence-corrected chi connectivity index (χ0v) is 6.93. The number of hydrogen-bond acceptors (Lipinski definition) is 2. The van der Waals surface area contributed by atoms with Gasteiger partial charge in [0.25, 0.3) is 0 Å². The van der Waals surface area contributed by atoms with Gasteiger partial charge in [0.2, 0.25) is 0 Å². The average Bonchev–Trinajstić information content (AvgIpc) is 2.73. The van der Waals surface area contributed by atoms with Crippen LogP contribution < -0.4 is 11.3 Å². The average molecular weight is 142 g/mol. The molecule has 60 valence electrons. The van der Waals surface area contributed by atoms with E-state index < -0.39 is 0 Å². The summed E-state index contributed by atoms with van der Waals surface area (Å²) < 4.78 is 0. The van der Waals surface area contributed by atoms with Gasteiger partial charge in [-0.25, -0.2) is 0 Å². The Morgan fingerprint density at radius 2 is 2.20 bits per heavy atom. The van der Waals surface area contributed by atoms with Crippen LogP contribution >= 0.6 is 0 Å². The molecule has 0 saturated heterocycles. The molecule has 2 atom stereocenters. The molecule has 0 aromatic carbocycles. The Labute approximate surface area is 63.1 Å². The minimum atomic E-state index is 0.574. The Balaban J connectivity index is 2.30. The van der Waals surface area contributed by atoms with Crippen molar-refractivity contribution in [1.29, 1.82) is 0 Å². The summed E-state index contributed by atoms with van der Waals surface area (Å²) in [4.78, 5) is 0. The predicted molar refractivity (Wildman–Crippen MR) is 43.3 cm³/mol. The molecule has 2 nitrogen and oxygen atoms in total. The van der Waals surface area contributed by atoms with E-state index in [1.54, 1.807) is 0 Å². The smallest absolute Gasteiger partial charge is 0.0264 e. The van der Waals surface area contributed by atoms with Crippen molar-refractivity contribution >= 4 is 0 Å². The van der Waals surface area contributed by atoms with Crippen LogP contribution in [0.4, 0.5) is 0 Å². The molecule has 0 aromatic heterocycles. The first-order valence-electron chi connectivity index (χ1n) is 4.25. The molecule has 0 heterocycles. The molecule has 1 fully saturated rings. The summed E-state index contributed by atoms with van der Waals surface area (Å²) >= 11 is 0. The van der Waals surface area contributed by atoms with Gasteiger partial charge in [-0.1, -0.05) is 20.3 Å². The summed E-state index contributed by atoms with van der Waals surface area (Å²) in [5.41, 5.74) is 2.91. The summed E-state index contributed by atoms with van der Waals surface area (Å²) in [5, 5.41) is 0. The lowest BCUT2D eigenvalue weighted by Gasteiger charge is -2.21. The SMILES string of the molecule is CCC(C)C(NN)C1CC1. The van der Waals surface area contributed by atoms with Crippen molar-refractivity contribution in [3.8, 4) is 0 Å². The van der Waals surface area contributed by atoms with E-state index >= 15 is 0 Å². The van der Waals surface area contributed by atoms with Crippen LogP contribution in [0.25, 0.3) is 0 Å². The zero-order chi connectivity index (χ0) is 7.56. The number of hydrazine groups is 1. The second-order valence-corrected chi connectivity index (χ2v) is 3.42. The highest BCUT2D eigenvalue weighted by molar-refractivity contribution is 4.87. The van der Waals surface area contributed by atoms with E-state index in [1.165, 1.54) is 19.3 Å². The maximum absolute atomic E-state index is 5.44. The van der Waals surface area contributed by atoms with Gasteiger partial charge in [-0.2, -0.15) is 0 Å². The van der Waals surface area contributed by atoms with Crippen molar-refractivity contribution in [1.82, 2.24) is 5.43 Å². The van der Waals surface area contributed by atoms with Gasteiger partial charge in [0, 0.05) is 6.04 Å². The van der Waals surface area contributed by atoms with Crippen LogP contribution in [-0.4, -0.2) is 6.04 Å².